The van der Waals surface area contributed by atoms with Gasteiger partial charge in [0.1, 0.15) is 11.6 Å². The van der Waals surface area contributed by atoms with E-state index in [1.54, 1.807) is 18.3 Å². The van der Waals surface area contributed by atoms with Gasteiger partial charge in [-0.2, -0.15) is 0 Å². The van der Waals surface area contributed by atoms with Gasteiger partial charge in [-0.3, -0.25) is 0 Å². The van der Waals surface area contributed by atoms with Crippen LogP contribution in [-0.2, 0) is 6.54 Å². The first-order valence-corrected chi connectivity index (χ1v) is 6.42. The van der Waals surface area contributed by atoms with Crippen LogP contribution in [0.2, 0.25) is 0 Å². The average molecular weight is 258 g/mol. The number of nitrogens with one attached hydrogen (secondary N) is 1. The van der Waals surface area contributed by atoms with Crippen molar-refractivity contribution in [2.45, 2.75) is 25.4 Å². The van der Waals surface area contributed by atoms with E-state index in [4.69, 9.17) is 4.74 Å². The highest BCUT2D eigenvalue weighted by Gasteiger charge is 2.20. The molecule has 0 amide bonds. The predicted molar refractivity (Wildman–Crippen MR) is 70.6 cm³/mol. The minimum atomic E-state index is -0.314. The first-order chi connectivity index (χ1) is 9.31. The Bertz CT molecular complexity index is 570. The number of halogens is 1. The number of benzene rings is 1. The summed E-state index contributed by atoms with van der Waals surface area (Å²) in [7, 11) is 0. The Kier molecular flexibility index (Phi) is 3.42. The van der Waals surface area contributed by atoms with Crippen LogP contribution in [0.4, 0.5) is 4.39 Å². The van der Waals surface area contributed by atoms with Gasteiger partial charge in [0.05, 0.1) is 0 Å². The molecule has 4 heteroatoms. The van der Waals surface area contributed by atoms with Crippen molar-refractivity contribution in [1.82, 2.24) is 10.3 Å². The summed E-state index contributed by atoms with van der Waals surface area (Å²) < 4.78 is 18.8. The molecule has 1 aromatic carbocycles. The molecule has 1 saturated carbocycles. The highest BCUT2D eigenvalue weighted by molar-refractivity contribution is 5.32. The summed E-state index contributed by atoms with van der Waals surface area (Å²) >= 11 is 0. The number of aromatic nitrogens is 1. The molecule has 1 aliphatic carbocycles. The molecule has 19 heavy (non-hydrogen) atoms. The monoisotopic (exact) mass is 258 g/mol. The van der Waals surface area contributed by atoms with Gasteiger partial charge in [-0.05, 0) is 31.0 Å². The summed E-state index contributed by atoms with van der Waals surface area (Å²) in [6, 6.07) is 10.6. The van der Waals surface area contributed by atoms with E-state index >= 15 is 0 Å². The fourth-order valence-corrected chi connectivity index (χ4v) is 1.83. The fourth-order valence-electron chi connectivity index (χ4n) is 1.83. The lowest BCUT2D eigenvalue weighted by Gasteiger charge is -2.10. The first kappa shape index (κ1) is 12.1. The number of hydrogen-bond acceptors (Lipinski definition) is 3. The maximum Gasteiger partial charge on any atom is 0.223 e. The number of nitrogens with zero attached hydrogens (tertiary/aromatic N) is 1. The van der Waals surface area contributed by atoms with E-state index in [-0.39, 0.29) is 5.82 Å². The quantitative estimate of drug-likeness (QED) is 0.893. The van der Waals surface area contributed by atoms with E-state index in [9.17, 15) is 4.39 Å². The third kappa shape index (κ3) is 3.29. The Morgan fingerprint density at radius 2 is 2.16 bits per heavy atom. The van der Waals surface area contributed by atoms with Crippen LogP contribution in [0.1, 0.15) is 18.4 Å². The summed E-state index contributed by atoms with van der Waals surface area (Å²) in [6.07, 6.45) is 4.15. The molecule has 1 heterocycles. The third-order valence-electron chi connectivity index (χ3n) is 3.02. The Balaban J connectivity index is 1.75. The molecule has 3 nitrogen and oxygen atoms in total. The number of hydrogen-bond donors (Lipinski definition) is 1. The molecule has 1 N–H and O–H groups in total. The van der Waals surface area contributed by atoms with Crippen molar-refractivity contribution in [2.24, 2.45) is 0 Å². The molecule has 0 unspecified atom stereocenters. The molecule has 1 aliphatic rings. The maximum absolute atomic E-state index is 13.1. The highest BCUT2D eigenvalue weighted by Crippen LogP contribution is 2.25. The van der Waals surface area contributed by atoms with Crippen LogP contribution in [0.25, 0.3) is 0 Å². The second-order valence-electron chi connectivity index (χ2n) is 4.68. The molecule has 0 atom stereocenters. The van der Waals surface area contributed by atoms with Crippen LogP contribution in [-0.4, -0.2) is 11.0 Å². The van der Waals surface area contributed by atoms with Crippen molar-refractivity contribution in [1.29, 1.82) is 0 Å². The molecule has 98 valence electrons. The molecule has 0 saturated heterocycles. The lowest BCUT2D eigenvalue weighted by Crippen LogP contribution is -2.16. The molecular formula is C15H15FN2O. The maximum atomic E-state index is 13.1. The van der Waals surface area contributed by atoms with Crippen molar-refractivity contribution >= 4 is 0 Å². The fraction of sp³-hybridized carbons (Fsp3) is 0.267. The molecular weight excluding hydrogens is 243 g/mol. The molecule has 3 rings (SSSR count). The second kappa shape index (κ2) is 5.36. The van der Waals surface area contributed by atoms with Crippen molar-refractivity contribution in [2.75, 3.05) is 0 Å². The highest BCUT2D eigenvalue weighted by atomic mass is 19.1. The zero-order chi connectivity index (χ0) is 13.1. The summed E-state index contributed by atoms with van der Waals surface area (Å²) in [5.41, 5.74) is 0.985. The largest absolute Gasteiger partial charge is 0.439 e. The van der Waals surface area contributed by atoms with E-state index < -0.39 is 0 Å². The second-order valence-corrected chi connectivity index (χ2v) is 4.68. The lowest BCUT2D eigenvalue weighted by atomic mass is 10.2. The van der Waals surface area contributed by atoms with Gasteiger partial charge in [-0.15, -0.1) is 0 Å². The van der Waals surface area contributed by atoms with Crippen molar-refractivity contribution in [3.05, 3.63) is 54.0 Å². The van der Waals surface area contributed by atoms with Crippen LogP contribution >= 0.6 is 0 Å². The summed E-state index contributed by atoms with van der Waals surface area (Å²) in [4.78, 5) is 4.22. The normalized spacial score (nSPS) is 14.4. The SMILES string of the molecule is Fc1cccc(Oc2ncccc2CNC2CC2)c1. The van der Waals surface area contributed by atoms with Gasteiger partial charge in [0.15, 0.2) is 0 Å². The van der Waals surface area contributed by atoms with Gasteiger partial charge < -0.3 is 10.1 Å². The van der Waals surface area contributed by atoms with Crippen molar-refractivity contribution < 1.29 is 9.13 Å². The number of ether oxygens (including phenoxy) is 1. The van der Waals surface area contributed by atoms with E-state index in [1.807, 2.05) is 12.1 Å². The minimum absolute atomic E-state index is 0.314. The molecule has 0 bridgehead atoms. The summed E-state index contributed by atoms with van der Waals surface area (Å²) in [5.74, 6) is 0.679. The van der Waals surface area contributed by atoms with Gasteiger partial charge in [-0.25, -0.2) is 9.37 Å². The third-order valence-corrected chi connectivity index (χ3v) is 3.02. The minimum Gasteiger partial charge on any atom is -0.439 e. The Hall–Kier alpha value is -1.94. The van der Waals surface area contributed by atoms with E-state index in [2.05, 4.69) is 10.3 Å². The van der Waals surface area contributed by atoms with Gasteiger partial charge in [-0.1, -0.05) is 12.1 Å². The molecule has 0 spiro atoms. The molecule has 2 aromatic rings. The van der Waals surface area contributed by atoms with E-state index in [0.29, 0.717) is 17.7 Å². The van der Waals surface area contributed by atoms with Crippen LogP contribution in [0, 0.1) is 5.82 Å². The Morgan fingerprint density at radius 3 is 2.95 bits per heavy atom. The van der Waals surface area contributed by atoms with Crippen molar-refractivity contribution in [3.63, 3.8) is 0 Å². The topological polar surface area (TPSA) is 34.1 Å². The first-order valence-electron chi connectivity index (χ1n) is 6.42. The Morgan fingerprint density at radius 1 is 1.26 bits per heavy atom. The Labute approximate surface area is 111 Å². The van der Waals surface area contributed by atoms with E-state index in [1.165, 1.54) is 25.0 Å². The zero-order valence-corrected chi connectivity index (χ0v) is 10.5. The van der Waals surface area contributed by atoms with Crippen LogP contribution in [0.3, 0.4) is 0 Å². The van der Waals surface area contributed by atoms with Gasteiger partial charge >= 0.3 is 0 Å². The zero-order valence-electron chi connectivity index (χ0n) is 10.5. The summed E-state index contributed by atoms with van der Waals surface area (Å²) in [5, 5.41) is 3.42. The van der Waals surface area contributed by atoms with Crippen LogP contribution in [0.5, 0.6) is 11.6 Å². The van der Waals surface area contributed by atoms with Crippen LogP contribution < -0.4 is 10.1 Å². The summed E-state index contributed by atoms with van der Waals surface area (Å²) in [6.45, 7) is 0.725. The van der Waals surface area contributed by atoms with Gasteiger partial charge in [0.2, 0.25) is 5.88 Å². The molecule has 0 aliphatic heterocycles. The molecule has 1 aromatic heterocycles. The van der Waals surface area contributed by atoms with Crippen LogP contribution in [0.15, 0.2) is 42.6 Å². The van der Waals surface area contributed by atoms with Crippen molar-refractivity contribution in [3.8, 4) is 11.6 Å². The predicted octanol–water partition coefficient (Wildman–Crippen LogP) is 3.27. The molecule has 0 radical (unpaired) electrons. The standard InChI is InChI=1S/C15H15FN2O/c16-12-4-1-5-14(9-12)19-15-11(3-2-8-17-15)10-18-13-6-7-13/h1-5,8-9,13,18H,6-7,10H2. The number of rotatable bonds is 5. The van der Waals surface area contributed by atoms with Gasteiger partial charge in [0, 0.05) is 30.4 Å². The molecule has 1 fully saturated rings. The number of pyridine rings is 1. The average Bonchev–Trinajstić information content (AvgIpc) is 3.22. The van der Waals surface area contributed by atoms with E-state index in [0.717, 1.165) is 12.1 Å². The smallest absolute Gasteiger partial charge is 0.223 e. The van der Waals surface area contributed by atoms with Gasteiger partial charge in [0.25, 0.3) is 0 Å². The lowest BCUT2D eigenvalue weighted by molar-refractivity contribution is 0.448.